The van der Waals surface area contributed by atoms with E-state index in [1.54, 1.807) is 62.9 Å². The van der Waals surface area contributed by atoms with Crippen molar-refractivity contribution in [3.63, 3.8) is 0 Å². The zero-order valence-electron chi connectivity index (χ0n) is 12.9. The molecule has 1 aromatic carbocycles. The third-order valence-corrected chi connectivity index (χ3v) is 3.21. The number of benzene rings is 1. The van der Waals surface area contributed by atoms with Crippen LogP contribution in [0.2, 0.25) is 0 Å². The molecular formula is C18H16N2O3. The Morgan fingerprint density at radius 3 is 2.43 bits per heavy atom. The van der Waals surface area contributed by atoms with Gasteiger partial charge in [-0.1, -0.05) is 12.1 Å². The van der Waals surface area contributed by atoms with Crippen LogP contribution in [0.15, 0.2) is 48.7 Å². The first-order valence-electron chi connectivity index (χ1n) is 6.93. The molecule has 0 saturated carbocycles. The number of rotatable bonds is 6. The predicted molar refractivity (Wildman–Crippen MR) is 86.2 cm³/mol. The number of ketones is 1. The number of allylic oxidation sites excluding steroid dienone is 1. The first-order valence-corrected chi connectivity index (χ1v) is 6.93. The van der Waals surface area contributed by atoms with Gasteiger partial charge in [-0.25, -0.2) is 0 Å². The molecule has 2 rings (SSSR count). The van der Waals surface area contributed by atoms with Gasteiger partial charge in [0, 0.05) is 12.3 Å². The molecule has 1 heterocycles. The van der Waals surface area contributed by atoms with Crippen molar-refractivity contribution in [2.24, 2.45) is 0 Å². The van der Waals surface area contributed by atoms with Crippen molar-refractivity contribution in [3.8, 4) is 17.6 Å². The Morgan fingerprint density at radius 2 is 1.91 bits per heavy atom. The molecule has 0 aliphatic heterocycles. The lowest BCUT2D eigenvalue weighted by molar-refractivity contribution is -0.114. The van der Waals surface area contributed by atoms with E-state index in [0.717, 1.165) is 5.56 Å². The standard InChI is InChI=1S/C18H16N2O3/c1-22-14-9-13(10-15(11-14)23-2)6-7-18(21)16(12-19)17-5-3-4-8-20-17/h3-11,16H,1-2H3. The molecule has 0 saturated heterocycles. The Hall–Kier alpha value is -3.13. The number of nitrogens with zero attached hydrogens (tertiary/aromatic N) is 2. The van der Waals surface area contributed by atoms with Gasteiger partial charge in [-0.2, -0.15) is 5.26 Å². The molecule has 116 valence electrons. The fourth-order valence-electron chi connectivity index (χ4n) is 2.02. The molecule has 1 atom stereocenters. The van der Waals surface area contributed by atoms with Crippen LogP contribution in [0, 0.1) is 11.3 Å². The molecule has 0 aliphatic carbocycles. The van der Waals surface area contributed by atoms with E-state index in [1.807, 2.05) is 6.07 Å². The van der Waals surface area contributed by atoms with Crippen LogP contribution in [0.3, 0.4) is 0 Å². The topological polar surface area (TPSA) is 72.2 Å². The largest absolute Gasteiger partial charge is 0.497 e. The summed E-state index contributed by atoms with van der Waals surface area (Å²) >= 11 is 0. The summed E-state index contributed by atoms with van der Waals surface area (Å²) in [5.74, 6) is 0.00366. The number of methoxy groups -OCH3 is 2. The molecule has 2 aromatic rings. The minimum absolute atomic E-state index is 0.326. The number of ether oxygens (including phenoxy) is 2. The molecule has 5 heteroatoms. The number of nitriles is 1. The highest BCUT2D eigenvalue weighted by Gasteiger charge is 2.18. The van der Waals surface area contributed by atoms with E-state index in [0.29, 0.717) is 17.2 Å². The molecule has 0 radical (unpaired) electrons. The van der Waals surface area contributed by atoms with Crippen LogP contribution in [0.5, 0.6) is 11.5 Å². The van der Waals surface area contributed by atoms with Crippen LogP contribution in [0.4, 0.5) is 0 Å². The van der Waals surface area contributed by atoms with E-state index in [2.05, 4.69) is 4.98 Å². The van der Waals surface area contributed by atoms with Crippen LogP contribution < -0.4 is 9.47 Å². The SMILES string of the molecule is COc1cc(C=CC(=O)C(C#N)c2ccccn2)cc(OC)c1. The first-order chi connectivity index (χ1) is 11.2. The average molecular weight is 308 g/mol. The van der Waals surface area contributed by atoms with Gasteiger partial charge in [0.15, 0.2) is 11.7 Å². The molecule has 0 aliphatic rings. The van der Waals surface area contributed by atoms with E-state index < -0.39 is 5.92 Å². The zero-order chi connectivity index (χ0) is 16.7. The van der Waals surface area contributed by atoms with Crippen molar-refractivity contribution < 1.29 is 14.3 Å². The maximum Gasteiger partial charge on any atom is 0.178 e. The maximum atomic E-state index is 12.2. The molecule has 23 heavy (non-hydrogen) atoms. The zero-order valence-corrected chi connectivity index (χ0v) is 12.9. The lowest BCUT2D eigenvalue weighted by atomic mass is 10.00. The molecule has 0 amide bonds. The minimum atomic E-state index is -0.917. The molecule has 0 spiro atoms. The number of hydrogen-bond acceptors (Lipinski definition) is 5. The summed E-state index contributed by atoms with van der Waals surface area (Å²) in [6, 6.07) is 12.4. The van der Waals surface area contributed by atoms with Crippen molar-refractivity contribution >= 4 is 11.9 Å². The van der Waals surface area contributed by atoms with E-state index in [-0.39, 0.29) is 5.78 Å². The van der Waals surface area contributed by atoms with Gasteiger partial charge < -0.3 is 9.47 Å². The van der Waals surface area contributed by atoms with Crippen LogP contribution >= 0.6 is 0 Å². The molecule has 1 aromatic heterocycles. The monoisotopic (exact) mass is 308 g/mol. The van der Waals surface area contributed by atoms with Crippen LogP contribution in [0.25, 0.3) is 6.08 Å². The summed E-state index contributed by atoms with van der Waals surface area (Å²) in [7, 11) is 3.11. The quantitative estimate of drug-likeness (QED) is 0.767. The van der Waals surface area contributed by atoms with Crippen molar-refractivity contribution in [1.82, 2.24) is 4.98 Å². The highest BCUT2D eigenvalue weighted by Crippen LogP contribution is 2.23. The first kappa shape index (κ1) is 16.2. The fraction of sp³-hybridized carbons (Fsp3) is 0.167. The van der Waals surface area contributed by atoms with Crippen LogP contribution in [-0.2, 0) is 4.79 Å². The third-order valence-electron chi connectivity index (χ3n) is 3.21. The maximum absolute atomic E-state index is 12.2. The number of carbonyl (C=O) groups excluding carboxylic acids is 1. The number of hydrogen-bond donors (Lipinski definition) is 0. The van der Waals surface area contributed by atoms with Crippen molar-refractivity contribution in [2.45, 2.75) is 5.92 Å². The van der Waals surface area contributed by atoms with Crippen molar-refractivity contribution in [1.29, 1.82) is 5.26 Å². The normalized spacial score (nSPS) is 11.7. The molecule has 0 fully saturated rings. The summed E-state index contributed by atoms with van der Waals surface area (Å²) in [6.45, 7) is 0. The summed E-state index contributed by atoms with van der Waals surface area (Å²) in [5, 5.41) is 9.23. The summed E-state index contributed by atoms with van der Waals surface area (Å²) in [5.41, 5.74) is 1.18. The molecular weight excluding hydrogens is 292 g/mol. The van der Waals surface area contributed by atoms with E-state index in [1.165, 1.54) is 6.08 Å². The van der Waals surface area contributed by atoms with Gasteiger partial charge in [0.2, 0.25) is 0 Å². The summed E-state index contributed by atoms with van der Waals surface area (Å²) in [6.07, 6.45) is 4.56. The van der Waals surface area contributed by atoms with Gasteiger partial charge in [0.05, 0.1) is 26.0 Å². The molecule has 0 bridgehead atoms. The smallest absolute Gasteiger partial charge is 0.178 e. The Morgan fingerprint density at radius 1 is 1.22 bits per heavy atom. The lowest BCUT2D eigenvalue weighted by Gasteiger charge is -2.06. The summed E-state index contributed by atoms with van der Waals surface area (Å²) in [4.78, 5) is 16.3. The summed E-state index contributed by atoms with van der Waals surface area (Å²) < 4.78 is 10.4. The average Bonchev–Trinajstić information content (AvgIpc) is 2.61. The molecule has 0 N–H and O–H groups in total. The van der Waals surface area contributed by atoms with Gasteiger partial charge in [-0.05, 0) is 35.9 Å². The third kappa shape index (κ3) is 4.17. The number of carbonyl (C=O) groups is 1. The second-order valence-electron chi connectivity index (χ2n) is 4.70. The Labute approximate surface area is 134 Å². The van der Waals surface area contributed by atoms with E-state index >= 15 is 0 Å². The Balaban J connectivity index is 2.22. The van der Waals surface area contributed by atoms with Gasteiger partial charge in [0.1, 0.15) is 11.5 Å². The lowest BCUT2D eigenvalue weighted by Crippen LogP contribution is -2.09. The van der Waals surface area contributed by atoms with Crippen molar-refractivity contribution in [3.05, 3.63) is 59.9 Å². The van der Waals surface area contributed by atoms with Gasteiger partial charge >= 0.3 is 0 Å². The Bertz CT molecular complexity index is 726. The highest BCUT2D eigenvalue weighted by atomic mass is 16.5. The molecule has 1 unspecified atom stereocenters. The molecule has 5 nitrogen and oxygen atoms in total. The Kier molecular flexibility index (Phi) is 5.48. The highest BCUT2D eigenvalue weighted by molar-refractivity contribution is 6.00. The number of aromatic nitrogens is 1. The van der Waals surface area contributed by atoms with Crippen LogP contribution in [0.1, 0.15) is 17.2 Å². The minimum Gasteiger partial charge on any atom is -0.497 e. The van der Waals surface area contributed by atoms with E-state index in [9.17, 15) is 10.1 Å². The van der Waals surface area contributed by atoms with Crippen LogP contribution in [-0.4, -0.2) is 25.0 Å². The van der Waals surface area contributed by atoms with Gasteiger partial charge in [0.25, 0.3) is 0 Å². The van der Waals surface area contributed by atoms with Gasteiger partial charge in [-0.3, -0.25) is 9.78 Å². The fourth-order valence-corrected chi connectivity index (χ4v) is 2.02. The van der Waals surface area contributed by atoms with Gasteiger partial charge in [-0.15, -0.1) is 0 Å². The number of pyridine rings is 1. The predicted octanol–water partition coefficient (Wildman–Crippen LogP) is 2.99. The van der Waals surface area contributed by atoms with Crippen molar-refractivity contribution in [2.75, 3.05) is 14.2 Å². The second kappa shape index (κ2) is 7.76. The van der Waals surface area contributed by atoms with E-state index in [4.69, 9.17) is 9.47 Å². The second-order valence-corrected chi connectivity index (χ2v) is 4.70.